The molecule has 0 amide bonds. The Morgan fingerprint density at radius 3 is 2.94 bits per heavy atom. The van der Waals surface area contributed by atoms with Gasteiger partial charge < -0.3 is 15.2 Å². The first-order valence-corrected chi connectivity index (χ1v) is 5.99. The molecule has 0 aliphatic carbocycles. The maximum atomic E-state index is 13.5. The molecule has 0 aromatic heterocycles. The normalized spacial score (nSPS) is 25.3. The molecule has 2 unspecified atom stereocenters. The number of hydrogen-bond acceptors (Lipinski definition) is 3. The fourth-order valence-corrected chi connectivity index (χ4v) is 2.04. The van der Waals surface area contributed by atoms with Crippen molar-refractivity contribution in [1.82, 2.24) is 5.32 Å². The molecule has 2 rings (SSSR count). The lowest BCUT2D eigenvalue weighted by atomic mass is 10.0. The molecule has 1 heterocycles. The average molecular weight is 257 g/mol. The number of ether oxygens (including phenoxy) is 1. The van der Waals surface area contributed by atoms with Gasteiger partial charge in [0.15, 0.2) is 0 Å². The van der Waals surface area contributed by atoms with Gasteiger partial charge in [-0.3, -0.25) is 0 Å². The van der Waals surface area contributed by atoms with E-state index in [2.05, 4.69) is 5.32 Å². The van der Waals surface area contributed by atoms with E-state index in [0.29, 0.717) is 19.6 Å². The van der Waals surface area contributed by atoms with Crippen LogP contribution in [-0.2, 0) is 4.74 Å². The minimum absolute atomic E-state index is 0.262. The number of hydrogen-bond donors (Lipinski definition) is 2. The maximum Gasteiger partial charge on any atom is 0.128 e. The van der Waals surface area contributed by atoms with Crippen LogP contribution in [0.4, 0.5) is 8.78 Å². The second kappa shape index (κ2) is 5.30. The van der Waals surface area contributed by atoms with Gasteiger partial charge in [0.05, 0.1) is 6.61 Å². The first kappa shape index (κ1) is 13.4. The monoisotopic (exact) mass is 257 g/mol. The largest absolute Gasteiger partial charge is 0.386 e. The third kappa shape index (κ3) is 3.04. The second-order valence-electron chi connectivity index (χ2n) is 4.80. The van der Waals surface area contributed by atoms with Gasteiger partial charge in [-0.2, -0.15) is 0 Å². The van der Waals surface area contributed by atoms with Crippen LogP contribution in [0.5, 0.6) is 0 Å². The summed E-state index contributed by atoms with van der Waals surface area (Å²) in [6.07, 6.45) is 0.554. The quantitative estimate of drug-likeness (QED) is 0.863. The standard InChI is InChI=1S/C13H17F2NO2/c1-9(11-6-10(14)2-3-12(11)15)16-7-13(17)4-5-18-8-13/h2-3,6,9,16-17H,4-5,7-8H2,1H3. The van der Waals surface area contributed by atoms with E-state index in [1.165, 1.54) is 6.07 Å². The van der Waals surface area contributed by atoms with Gasteiger partial charge in [0.1, 0.15) is 17.2 Å². The summed E-state index contributed by atoms with van der Waals surface area (Å²) in [6, 6.07) is 2.99. The summed E-state index contributed by atoms with van der Waals surface area (Å²) < 4.78 is 31.7. The van der Waals surface area contributed by atoms with E-state index < -0.39 is 17.2 Å². The predicted molar refractivity (Wildman–Crippen MR) is 63.2 cm³/mol. The van der Waals surface area contributed by atoms with Crippen LogP contribution in [0.15, 0.2) is 18.2 Å². The maximum absolute atomic E-state index is 13.5. The molecule has 3 nitrogen and oxygen atoms in total. The summed E-state index contributed by atoms with van der Waals surface area (Å²) >= 11 is 0. The average Bonchev–Trinajstić information content (AvgIpc) is 2.77. The highest BCUT2D eigenvalue weighted by atomic mass is 19.1. The summed E-state index contributed by atoms with van der Waals surface area (Å²) in [7, 11) is 0. The van der Waals surface area contributed by atoms with Gasteiger partial charge in [-0.15, -0.1) is 0 Å². The molecule has 1 aliphatic heterocycles. The van der Waals surface area contributed by atoms with Crippen LogP contribution in [0.1, 0.15) is 24.9 Å². The zero-order valence-electron chi connectivity index (χ0n) is 10.2. The molecule has 0 bridgehead atoms. The Hall–Kier alpha value is -1.04. The molecule has 5 heteroatoms. The van der Waals surface area contributed by atoms with Crippen LogP contribution in [0, 0.1) is 11.6 Å². The van der Waals surface area contributed by atoms with Crippen LogP contribution in [0.25, 0.3) is 0 Å². The molecule has 1 saturated heterocycles. The van der Waals surface area contributed by atoms with Gasteiger partial charge in [-0.1, -0.05) is 0 Å². The Kier molecular flexibility index (Phi) is 3.94. The van der Waals surface area contributed by atoms with Gasteiger partial charge >= 0.3 is 0 Å². The summed E-state index contributed by atoms with van der Waals surface area (Å²) in [5.74, 6) is -0.922. The minimum Gasteiger partial charge on any atom is -0.386 e. The number of rotatable bonds is 4. The first-order valence-electron chi connectivity index (χ1n) is 5.99. The Morgan fingerprint density at radius 2 is 2.28 bits per heavy atom. The molecule has 1 fully saturated rings. The lowest BCUT2D eigenvalue weighted by molar-refractivity contribution is 0.0251. The molecule has 2 N–H and O–H groups in total. The summed E-state index contributed by atoms with van der Waals surface area (Å²) in [6.45, 7) is 2.83. The third-order valence-electron chi connectivity index (χ3n) is 3.24. The third-order valence-corrected chi connectivity index (χ3v) is 3.24. The number of halogens is 2. The summed E-state index contributed by atoms with van der Waals surface area (Å²) in [4.78, 5) is 0. The highest BCUT2D eigenvalue weighted by molar-refractivity contribution is 5.21. The topological polar surface area (TPSA) is 41.5 Å². The van der Waals surface area contributed by atoms with Crippen LogP contribution in [0.3, 0.4) is 0 Å². The van der Waals surface area contributed by atoms with Gasteiger partial charge in [0.25, 0.3) is 0 Å². The van der Waals surface area contributed by atoms with E-state index in [9.17, 15) is 13.9 Å². The van der Waals surface area contributed by atoms with Crippen LogP contribution >= 0.6 is 0 Å². The van der Waals surface area contributed by atoms with Crippen LogP contribution in [0.2, 0.25) is 0 Å². The molecule has 0 radical (unpaired) electrons. The highest BCUT2D eigenvalue weighted by Crippen LogP contribution is 2.21. The Labute approximate surface area is 105 Å². The lowest BCUT2D eigenvalue weighted by Gasteiger charge is -2.24. The van der Waals surface area contributed by atoms with E-state index in [1.807, 2.05) is 0 Å². The van der Waals surface area contributed by atoms with Crippen molar-refractivity contribution >= 4 is 0 Å². The van der Waals surface area contributed by atoms with Crippen molar-refractivity contribution in [2.24, 2.45) is 0 Å². The molecule has 18 heavy (non-hydrogen) atoms. The molecule has 100 valence electrons. The van der Waals surface area contributed by atoms with Crippen molar-refractivity contribution < 1.29 is 18.6 Å². The molecule has 1 aliphatic rings. The van der Waals surface area contributed by atoms with E-state index in [1.54, 1.807) is 6.92 Å². The van der Waals surface area contributed by atoms with Crippen molar-refractivity contribution in [3.8, 4) is 0 Å². The molecule has 1 aromatic carbocycles. The van der Waals surface area contributed by atoms with Gasteiger partial charge in [-0.25, -0.2) is 8.78 Å². The molecule has 1 aromatic rings. The zero-order valence-corrected chi connectivity index (χ0v) is 10.2. The second-order valence-corrected chi connectivity index (χ2v) is 4.80. The molecular formula is C13H17F2NO2. The van der Waals surface area contributed by atoms with Gasteiger partial charge in [0.2, 0.25) is 0 Å². The van der Waals surface area contributed by atoms with E-state index >= 15 is 0 Å². The Morgan fingerprint density at radius 1 is 1.50 bits per heavy atom. The molecule has 2 atom stereocenters. The van der Waals surface area contributed by atoms with Crippen LogP contribution < -0.4 is 5.32 Å². The lowest BCUT2D eigenvalue weighted by Crippen LogP contribution is -2.42. The smallest absolute Gasteiger partial charge is 0.128 e. The Balaban J connectivity index is 1.99. The zero-order chi connectivity index (χ0) is 13.2. The van der Waals surface area contributed by atoms with Crippen molar-refractivity contribution in [3.63, 3.8) is 0 Å². The molecular weight excluding hydrogens is 240 g/mol. The Bertz CT molecular complexity index is 419. The fourth-order valence-electron chi connectivity index (χ4n) is 2.04. The van der Waals surface area contributed by atoms with Crippen molar-refractivity contribution in [2.75, 3.05) is 19.8 Å². The first-order chi connectivity index (χ1) is 8.50. The SMILES string of the molecule is CC(NCC1(O)CCOC1)c1cc(F)ccc1F. The summed E-state index contributed by atoms with van der Waals surface area (Å²) in [5, 5.41) is 13.1. The predicted octanol–water partition coefficient (Wildman–Crippen LogP) is 1.77. The van der Waals surface area contributed by atoms with Crippen molar-refractivity contribution in [2.45, 2.75) is 25.0 Å². The van der Waals surface area contributed by atoms with Gasteiger partial charge in [-0.05, 0) is 25.1 Å². The van der Waals surface area contributed by atoms with Gasteiger partial charge in [0, 0.05) is 31.2 Å². The van der Waals surface area contributed by atoms with E-state index in [-0.39, 0.29) is 18.2 Å². The number of benzene rings is 1. The van der Waals surface area contributed by atoms with Crippen molar-refractivity contribution in [3.05, 3.63) is 35.4 Å². The van der Waals surface area contributed by atoms with E-state index in [4.69, 9.17) is 4.74 Å². The highest BCUT2D eigenvalue weighted by Gasteiger charge is 2.32. The van der Waals surface area contributed by atoms with Crippen molar-refractivity contribution in [1.29, 1.82) is 0 Å². The van der Waals surface area contributed by atoms with Crippen LogP contribution in [-0.4, -0.2) is 30.5 Å². The fraction of sp³-hybridized carbons (Fsp3) is 0.538. The number of nitrogens with one attached hydrogen (secondary N) is 1. The molecule has 0 saturated carbocycles. The molecule has 0 spiro atoms. The minimum atomic E-state index is -0.905. The number of aliphatic hydroxyl groups is 1. The van der Waals surface area contributed by atoms with E-state index in [0.717, 1.165) is 12.1 Å². The summed E-state index contributed by atoms with van der Waals surface area (Å²) in [5.41, 5.74) is -0.643.